The maximum atomic E-state index is 17.5. The number of anilines is 3. The molecule has 0 spiro atoms. The summed E-state index contributed by atoms with van der Waals surface area (Å²) in [5.74, 6) is -2.89. The van der Waals surface area contributed by atoms with Crippen LogP contribution in [0.3, 0.4) is 0 Å². The third kappa shape index (κ3) is 8.47. The topological polar surface area (TPSA) is 249 Å². The molecule has 3 fully saturated rings. The van der Waals surface area contributed by atoms with Crippen LogP contribution in [-0.4, -0.2) is 124 Å². The van der Waals surface area contributed by atoms with Gasteiger partial charge in [0, 0.05) is 83.1 Å². The van der Waals surface area contributed by atoms with Gasteiger partial charge in [-0.25, -0.2) is 27.3 Å². The lowest BCUT2D eigenvalue weighted by molar-refractivity contribution is -0.172. The van der Waals surface area contributed by atoms with Crippen LogP contribution < -0.4 is 26.2 Å². The highest BCUT2D eigenvalue weighted by Gasteiger charge is 2.50. The lowest BCUT2D eigenvalue weighted by Crippen LogP contribution is -2.54. The van der Waals surface area contributed by atoms with Crippen molar-refractivity contribution in [2.45, 2.75) is 89.1 Å². The number of nitrogen functional groups attached to an aromatic ring is 1. The van der Waals surface area contributed by atoms with E-state index in [-0.39, 0.29) is 166 Å². The minimum absolute atomic E-state index is 0.00317. The number of cyclic esters (lactones) is 1. The van der Waals surface area contributed by atoms with Gasteiger partial charge in [-0.05, 0) is 73.8 Å². The average Bonchev–Trinajstić information content (AvgIpc) is 2.62. The summed E-state index contributed by atoms with van der Waals surface area (Å²) in [4.78, 5) is 61.2. The van der Waals surface area contributed by atoms with Gasteiger partial charge < -0.3 is 40.0 Å². The molecule has 0 saturated carbocycles. The number of alkyl halides is 1. The van der Waals surface area contributed by atoms with Gasteiger partial charge in [0.15, 0.2) is 17.2 Å². The monoisotopic (exact) mass is 1160 g/mol. The molecule has 20 nitrogen and oxygen atoms in total. The van der Waals surface area contributed by atoms with Gasteiger partial charge in [0.25, 0.3) is 11.5 Å². The number of amides is 1. The standard InChI is InChI=1S/C56H49ClF4N14O6S/c1-4-56(79)35-15-41-46-29(22-74(41)52(77)34(35)24-80-53(56)78)12-28-13-40(38(60)16-39(28)65-46)64-19-42-68-70-75(69-42)20-26(2)51(76)71-10-11-73(27(3)21-71)50-32-14-36(57)44(31-6-7-37(59)48-43(31)33(18-62)49(63)82-48)45(61)47(32)66-54(67-50)81-25-55-8-5-9-72(55)23-30(58)17-55/h6-7,12-16,27,30,64,79H,2,4-5,8-11,17,19-25,63H2,1,3H3/t27-,30+,55-,56-/m0/s1. The number of nitrogens with zero attached hydrogens (tertiary/aromatic N) is 12. The molecule has 0 unspecified atom stereocenters. The highest BCUT2D eigenvalue weighted by molar-refractivity contribution is 7.23. The van der Waals surface area contributed by atoms with E-state index in [1.165, 1.54) is 27.6 Å². The summed E-state index contributed by atoms with van der Waals surface area (Å²) in [7, 11) is 0. The van der Waals surface area contributed by atoms with Crippen molar-refractivity contribution >= 4 is 83.2 Å². The number of rotatable bonds is 12. The lowest BCUT2D eigenvalue weighted by atomic mass is 9.86. The van der Waals surface area contributed by atoms with Gasteiger partial charge in [0.1, 0.15) is 53.4 Å². The molecule has 5 aromatic heterocycles. The number of carbonyl (C=O) groups is 2. The number of nitrogens with one attached hydrogen (secondary N) is 1. The van der Waals surface area contributed by atoms with Crippen LogP contribution in [0.15, 0.2) is 59.4 Å². The van der Waals surface area contributed by atoms with Crippen LogP contribution in [0.4, 0.5) is 34.1 Å². The number of esters is 1. The number of fused-ring (bicyclic) bond motifs is 8. The maximum Gasteiger partial charge on any atom is 0.343 e. The number of pyridine rings is 2. The van der Waals surface area contributed by atoms with Gasteiger partial charge in [-0.2, -0.15) is 20.0 Å². The fourth-order valence-corrected chi connectivity index (χ4v) is 13.7. The Labute approximate surface area is 472 Å². The van der Waals surface area contributed by atoms with E-state index in [1.807, 2.05) is 24.0 Å². The maximum absolute atomic E-state index is 17.5. The molecule has 0 bridgehead atoms. The molecule has 3 aromatic carbocycles. The van der Waals surface area contributed by atoms with Gasteiger partial charge in [0.05, 0.1) is 68.6 Å². The van der Waals surface area contributed by atoms with Gasteiger partial charge in [-0.3, -0.25) is 14.5 Å². The highest BCUT2D eigenvalue weighted by atomic mass is 35.5. The Morgan fingerprint density at radius 2 is 1.93 bits per heavy atom. The molecule has 5 aliphatic rings. The Balaban J connectivity index is 0.708. The number of hydrogen-bond donors (Lipinski definition) is 3. The number of hydrogen-bond acceptors (Lipinski definition) is 18. The third-order valence-corrected chi connectivity index (χ3v) is 17.9. The molecule has 4 N–H and O–H groups in total. The number of halogens is 5. The average molecular weight is 1160 g/mol. The van der Waals surface area contributed by atoms with Crippen molar-refractivity contribution in [3.05, 3.63) is 116 Å². The van der Waals surface area contributed by atoms with Crippen molar-refractivity contribution in [1.29, 1.82) is 5.26 Å². The molecular formula is C56H49ClF4N14O6S. The van der Waals surface area contributed by atoms with E-state index in [0.717, 1.165) is 30.4 Å². The fraction of sp³-hybridized carbons (Fsp3) is 0.357. The largest absolute Gasteiger partial charge is 0.461 e. The second-order valence-electron chi connectivity index (χ2n) is 21.5. The second kappa shape index (κ2) is 19.7. The molecule has 0 radical (unpaired) electrons. The Bertz CT molecular complexity index is 4210. The van der Waals surface area contributed by atoms with Crippen molar-refractivity contribution in [3.63, 3.8) is 0 Å². The van der Waals surface area contributed by atoms with Crippen LogP contribution >= 0.6 is 22.9 Å². The van der Waals surface area contributed by atoms with Gasteiger partial charge in [-0.15, -0.1) is 21.5 Å². The summed E-state index contributed by atoms with van der Waals surface area (Å²) in [6.07, 6.45) is 0.809. The van der Waals surface area contributed by atoms with Crippen LogP contribution in [0.5, 0.6) is 6.01 Å². The van der Waals surface area contributed by atoms with Crippen LogP contribution in [0.1, 0.15) is 67.6 Å². The van der Waals surface area contributed by atoms with Crippen molar-refractivity contribution in [3.8, 4) is 34.6 Å². The Kier molecular flexibility index (Phi) is 12.7. The predicted molar refractivity (Wildman–Crippen MR) is 295 cm³/mol. The molecule has 82 heavy (non-hydrogen) atoms. The first-order valence-electron chi connectivity index (χ1n) is 26.5. The summed E-state index contributed by atoms with van der Waals surface area (Å²) in [6.45, 7) is 8.92. The molecule has 420 valence electrons. The quantitative estimate of drug-likeness (QED) is 0.0618. The van der Waals surface area contributed by atoms with Gasteiger partial charge in [0.2, 0.25) is 0 Å². The number of piperazine rings is 1. The van der Waals surface area contributed by atoms with Crippen molar-refractivity contribution in [2.24, 2.45) is 0 Å². The van der Waals surface area contributed by atoms with Crippen molar-refractivity contribution < 1.29 is 41.7 Å². The number of benzene rings is 3. The van der Waals surface area contributed by atoms with E-state index in [1.54, 1.807) is 24.0 Å². The van der Waals surface area contributed by atoms with Crippen LogP contribution in [0.2, 0.25) is 5.02 Å². The smallest absolute Gasteiger partial charge is 0.343 e. The van der Waals surface area contributed by atoms with Crippen LogP contribution in [0.25, 0.3) is 54.4 Å². The predicted octanol–water partition coefficient (Wildman–Crippen LogP) is 7.28. The van der Waals surface area contributed by atoms with E-state index in [9.17, 15) is 29.1 Å². The van der Waals surface area contributed by atoms with E-state index >= 15 is 13.2 Å². The molecule has 4 atom stereocenters. The summed E-state index contributed by atoms with van der Waals surface area (Å²) < 4.78 is 76.2. The number of ether oxygens (including phenoxy) is 2. The van der Waals surface area contributed by atoms with E-state index in [0.29, 0.717) is 34.3 Å². The number of tetrazole rings is 1. The summed E-state index contributed by atoms with van der Waals surface area (Å²) >= 11 is 7.85. The van der Waals surface area contributed by atoms with Crippen molar-refractivity contribution in [1.82, 2.24) is 49.5 Å². The first kappa shape index (κ1) is 53.0. The molecular weight excluding hydrogens is 1110 g/mol. The van der Waals surface area contributed by atoms with Crippen LogP contribution in [-0.2, 0) is 46.2 Å². The molecule has 8 aromatic rings. The number of thiophene rings is 1. The SMILES string of the molecule is C=C(Cn1nnc(CNc2cc3cc4c(nc3cc2F)-c2cc3c(c(=O)n2C4)COC(=O)[C@]3(O)CC)n1)C(=O)N1CCN(c2nc(OC[C@@]34CCCN3C[C@H](F)C4)nc3c(F)c(-c4ccc(F)c5sc(N)c(C#N)c45)c(Cl)cc23)[C@@H](C)C1. The summed E-state index contributed by atoms with van der Waals surface area (Å²) in [5, 5.41) is 37.8. The number of nitriles is 1. The summed E-state index contributed by atoms with van der Waals surface area (Å²) in [6, 6.07) is 11.7. The zero-order valence-electron chi connectivity index (χ0n) is 44.0. The van der Waals surface area contributed by atoms with Crippen LogP contribution in [0, 0.1) is 28.8 Å². The molecule has 3 saturated heterocycles. The number of aromatic nitrogens is 8. The van der Waals surface area contributed by atoms with E-state index in [4.69, 9.17) is 36.8 Å². The summed E-state index contributed by atoms with van der Waals surface area (Å²) in [5.41, 5.74) is 5.47. The molecule has 13 rings (SSSR count). The Hall–Kier alpha value is -8.31. The first-order valence-corrected chi connectivity index (χ1v) is 27.7. The molecule has 5 aliphatic heterocycles. The zero-order valence-corrected chi connectivity index (χ0v) is 45.6. The van der Waals surface area contributed by atoms with Gasteiger partial charge >= 0.3 is 12.0 Å². The molecule has 0 aliphatic carbocycles. The number of nitrogens with two attached hydrogens (primary N) is 1. The number of carbonyl (C=O) groups excluding carboxylic acids is 2. The molecule has 10 heterocycles. The van der Waals surface area contributed by atoms with E-state index in [2.05, 4.69) is 37.2 Å². The lowest BCUT2D eigenvalue weighted by Gasteiger charge is -2.41. The van der Waals surface area contributed by atoms with Crippen molar-refractivity contribution in [2.75, 3.05) is 55.3 Å². The first-order chi connectivity index (χ1) is 39.4. The minimum atomic E-state index is -1.98. The molecule has 26 heteroatoms. The second-order valence-corrected chi connectivity index (χ2v) is 23.0. The third-order valence-electron chi connectivity index (χ3n) is 16.6. The number of aliphatic hydroxyl groups is 1. The fourth-order valence-electron chi connectivity index (χ4n) is 12.5. The Morgan fingerprint density at radius 3 is 2.72 bits per heavy atom. The normalized spacial score (nSPS) is 21.2. The van der Waals surface area contributed by atoms with Gasteiger partial charge in [-0.1, -0.05) is 31.2 Å². The Morgan fingerprint density at radius 1 is 1.10 bits per heavy atom. The molecule has 1 amide bonds. The minimum Gasteiger partial charge on any atom is -0.461 e. The highest BCUT2D eigenvalue weighted by Crippen LogP contribution is 2.47. The van der Waals surface area contributed by atoms with E-state index < -0.39 is 52.3 Å². The zero-order chi connectivity index (χ0) is 57.3.